The van der Waals surface area contributed by atoms with Crippen molar-refractivity contribution in [1.82, 2.24) is 0 Å². The molecule has 0 spiro atoms. The van der Waals surface area contributed by atoms with E-state index in [1.165, 1.54) is 0 Å². The van der Waals surface area contributed by atoms with Crippen molar-refractivity contribution in [1.29, 1.82) is 0 Å². The zero-order chi connectivity index (χ0) is 14.7. The van der Waals surface area contributed by atoms with Crippen LogP contribution in [0, 0.1) is 0 Å². The van der Waals surface area contributed by atoms with Gasteiger partial charge in [0, 0.05) is 12.1 Å². The second-order valence-electron chi connectivity index (χ2n) is 5.10. The van der Waals surface area contributed by atoms with Crippen LogP contribution in [-0.2, 0) is 11.2 Å². The van der Waals surface area contributed by atoms with Crippen LogP contribution < -0.4 is 15.4 Å². The molecule has 108 valence electrons. The van der Waals surface area contributed by atoms with Crippen LogP contribution in [0.4, 0.5) is 11.4 Å². The number of rotatable bonds is 3. The average molecular weight is 282 g/mol. The average Bonchev–Trinajstić information content (AvgIpc) is 2.53. The van der Waals surface area contributed by atoms with Gasteiger partial charge in [0.1, 0.15) is 12.4 Å². The summed E-state index contributed by atoms with van der Waals surface area (Å²) in [7, 11) is 0. The minimum Gasteiger partial charge on any atom is -0.490 e. The van der Waals surface area contributed by atoms with E-state index in [0.717, 1.165) is 29.1 Å². The van der Waals surface area contributed by atoms with Crippen molar-refractivity contribution in [2.45, 2.75) is 12.8 Å². The Kier molecular flexibility index (Phi) is 3.77. The summed E-state index contributed by atoms with van der Waals surface area (Å²) in [5, 5.41) is 0. The monoisotopic (exact) mass is 282 g/mol. The highest BCUT2D eigenvalue weighted by molar-refractivity contribution is 5.95. The van der Waals surface area contributed by atoms with Crippen LogP contribution in [0.3, 0.4) is 0 Å². The van der Waals surface area contributed by atoms with Gasteiger partial charge in [-0.15, -0.1) is 0 Å². The lowest BCUT2D eigenvalue weighted by Gasteiger charge is -2.29. The lowest BCUT2D eigenvalue weighted by Crippen LogP contribution is -2.38. The summed E-state index contributed by atoms with van der Waals surface area (Å²) < 4.78 is 5.57. The number of benzene rings is 2. The molecular weight excluding hydrogens is 264 g/mol. The van der Waals surface area contributed by atoms with Gasteiger partial charge in [-0.1, -0.05) is 24.3 Å². The molecular formula is C17H18N2O2. The Labute approximate surface area is 124 Å². The van der Waals surface area contributed by atoms with Crippen LogP contribution in [0.15, 0.2) is 48.5 Å². The van der Waals surface area contributed by atoms with Gasteiger partial charge in [0.15, 0.2) is 0 Å². The van der Waals surface area contributed by atoms with Gasteiger partial charge in [-0.2, -0.15) is 0 Å². The molecule has 4 heteroatoms. The number of carbonyl (C=O) groups is 1. The van der Waals surface area contributed by atoms with Crippen LogP contribution in [-0.4, -0.2) is 19.1 Å². The van der Waals surface area contributed by atoms with Gasteiger partial charge in [-0.25, -0.2) is 0 Å². The molecule has 0 atom stereocenters. The van der Waals surface area contributed by atoms with E-state index in [0.29, 0.717) is 19.6 Å². The highest BCUT2D eigenvalue weighted by Gasteiger charge is 2.22. The predicted octanol–water partition coefficient (Wildman–Crippen LogP) is 2.63. The molecule has 0 fully saturated rings. The maximum absolute atomic E-state index is 12.4. The maximum atomic E-state index is 12.4. The molecule has 0 saturated carbocycles. The van der Waals surface area contributed by atoms with Gasteiger partial charge in [0.05, 0.1) is 12.2 Å². The molecule has 1 amide bonds. The standard InChI is InChI=1S/C17H18N2O2/c18-14-8-5-13(6-9-14)7-10-17(20)19-11-12-21-16-4-2-1-3-15(16)19/h1-6,8-9H,7,10-12,18H2. The van der Waals surface area contributed by atoms with Gasteiger partial charge >= 0.3 is 0 Å². The van der Waals surface area contributed by atoms with E-state index in [1.54, 1.807) is 0 Å². The topological polar surface area (TPSA) is 55.6 Å². The van der Waals surface area contributed by atoms with Gasteiger partial charge in [-0.05, 0) is 36.2 Å². The first-order chi connectivity index (χ1) is 10.2. The van der Waals surface area contributed by atoms with Crippen molar-refractivity contribution in [3.8, 4) is 5.75 Å². The largest absolute Gasteiger partial charge is 0.490 e. The molecule has 1 aliphatic heterocycles. The van der Waals surface area contributed by atoms with E-state index in [9.17, 15) is 4.79 Å². The molecule has 0 aliphatic carbocycles. The Bertz CT molecular complexity index is 637. The summed E-state index contributed by atoms with van der Waals surface area (Å²) in [4.78, 5) is 14.3. The molecule has 21 heavy (non-hydrogen) atoms. The fraction of sp³-hybridized carbons (Fsp3) is 0.235. The van der Waals surface area contributed by atoms with E-state index < -0.39 is 0 Å². The number of carbonyl (C=O) groups excluding carboxylic acids is 1. The van der Waals surface area contributed by atoms with E-state index in [4.69, 9.17) is 10.5 Å². The van der Waals surface area contributed by atoms with Crippen molar-refractivity contribution in [3.63, 3.8) is 0 Å². The number of nitrogens with two attached hydrogens (primary N) is 1. The predicted molar refractivity (Wildman–Crippen MR) is 83.5 cm³/mol. The fourth-order valence-corrected chi connectivity index (χ4v) is 2.50. The first-order valence-electron chi connectivity index (χ1n) is 7.10. The Morgan fingerprint density at radius 1 is 1.14 bits per heavy atom. The van der Waals surface area contributed by atoms with Crippen molar-refractivity contribution in [3.05, 3.63) is 54.1 Å². The summed E-state index contributed by atoms with van der Waals surface area (Å²) in [5.74, 6) is 0.909. The van der Waals surface area contributed by atoms with Crippen LogP contribution in [0.1, 0.15) is 12.0 Å². The lowest BCUT2D eigenvalue weighted by atomic mass is 10.1. The zero-order valence-corrected chi connectivity index (χ0v) is 11.8. The van der Waals surface area contributed by atoms with E-state index >= 15 is 0 Å². The lowest BCUT2D eigenvalue weighted by molar-refractivity contribution is -0.118. The molecule has 2 N–H and O–H groups in total. The van der Waals surface area contributed by atoms with Crippen LogP contribution >= 0.6 is 0 Å². The highest BCUT2D eigenvalue weighted by Crippen LogP contribution is 2.31. The summed E-state index contributed by atoms with van der Waals surface area (Å²) in [5.41, 5.74) is 8.40. The molecule has 4 nitrogen and oxygen atoms in total. The first kappa shape index (κ1) is 13.5. The minimum atomic E-state index is 0.127. The number of para-hydroxylation sites is 2. The van der Waals surface area contributed by atoms with Gasteiger partial charge in [-0.3, -0.25) is 4.79 Å². The first-order valence-corrected chi connectivity index (χ1v) is 7.10. The third-order valence-electron chi connectivity index (χ3n) is 3.64. The Balaban J connectivity index is 1.68. The summed E-state index contributed by atoms with van der Waals surface area (Å²) in [6.45, 7) is 1.15. The third kappa shape index (κ3) is 2.99. The van der Waals surface area contributed by atoms with Gasteiger partial charge in [0.2, 0.25) is 5.91 Å². The number of nitrogens with zero attached hydrogens (tertiary/aromatic N) is 1. The molecule has 0 bridgehead atoms. The Morgan fingerprint density at radius 2 is 1.90 bits per heavy atom. The highest BCUT2D eigenvalue weighted by atomic mass is 16.5. The number of amides is 1. The Morgan fingerprint density at radius 3 is 2.71 bits per heavy atom. The number of ether oxygens (including phenoxy) is 1. The number of fused-ring (bicyclic) bond motifs is 1. The van der Waals surface area contributed by atoms with E-state index in [-0.39, 0.29) is 5.91 Å². The quantitative estimate of drug-likeness (QED) is 0.880. The van der Waals surface area contributed by atoms with Crippen molar-refractivity contribution in [2.75, 3.05) is 23.8 Å². The van der Waals surface area contributed by atoms with Crippen molar-refractivity contribution >= 4 is 17.3 Å². The number of anilines is 2. The normalized spacial score (nSPS) is 13.4. The second-order valence-corrected chi connectivity index (χ2v) is 5.10. The number of aryl methyl sites for hydroxylation is 1. The van der Waals surface area contributed by atoms with E-state index in [2.05, 4.69) is 0 Å². The summed E-state index contributed by atoms with van der Waals surface area (Å²) >= 11 is 0. The van der Waals surface area contributed by atoms with Crippen molar-refractivity contribution in [2.24, 2.45) is 0 Å². The molecule has 0 radical (unpaired) electrons. The third-order valence-corrected chi connectivity index (χ3v) is 3.64. The minimum absolute atomic E-state index is 0.127. The van der Waals surface area contributed by atoms with Gasteiger partial charge < -0.3 is 15.4 Å². The number of hydrogen-bond donors (Lipinski definition) is 1. The molecule has 3 rings (SSSR count). The van der Waals surface area contributed by atoms with Crippen molar-refractivity contribution < 1.29 is 9.53 Å². The van der Waals surface area contributed by atoms with Crippen LogP contribution in [0.5, 0.6) is 5.75 Å². The molecule has 0 unspecified atom stereocenters. The molecule has 0 saturated heterocycles. The van der Waals surface area contributed by atoms with Gasteiger partial charge in [0.25, 0.3) is 0 Å². The Hall–Kier alpha value is -2.49. The number of hydrogen-bond acceptors (Lipinski definition) is 3. The van der Waals surface area contributed by atoms with Crippen LogP contribution in [0.25, 0.3) is 0 Å². The second kappa shape index (κ2) is 5.87. The SMILES string of the molecule is Nc1ccc(CCC(=O)N2CCOc3ccccc32)cc1. The zero-order valence-electron chi connectivity index (χ0n) is 11.8. The van der Waals surface area contributed by atoms with E-state index in [1.807, 2.05) is 53.4 Å². The fourth-order valence-electron chi connectivity index (χ4n) is 2.50. The molecule has 0 aromatic heterocycles. The molecule has 1 heterocycles. The number of nitrogen functional groups attached to an aromatic ring is 1. The summed E-state index contributed by atoms with van der Waals surface area (Å²) in [6, 6.07) is 15.3. The maximum Gasteiger partial charge on any atom is 0.227 e. The van der Waals surface area contributed by atoms with Crippen LogP contribution in [0.2, 0.25) is 0 Å². The smallest absolute Gasteiger partial charge is 0.227 e. The molecule has 2 aromatic carbocycles. The summed E-state index contributed by atoms with van der Waals surface area (Å²) in [6.07, 6.45) is 1.21. The molecule has 2 aromatic rings. The molecule has 1 aliphatic rings.